The van der Waals surface area contributed by atoms with Gasteiger partial charge in [-0.05, 0) is 29.8 Å². The summed E-state index contributed by atoms with van der Waals surface area (Å²) in [5.41, 5.74) is 3.06. The van der Waals surface area contributed by atoms with Crippen molar-refractivity contribution < 1.29 is 14.5 Å². The van der Waals surface area contributed by atoms with E-state index in [2.05, 4.69) is 5.43 Å². The average molecular weight is 344 g/mol. The molecule has 0 bridgehead atoms. The molecule has 1 saturated heterocycles. The van der Waals surface area contributed by atoms with Crippen molar-refractivity contribution in [2.75, 3.05) is 5.01 Å². The van der Waals surface area contributed by atoms with E-state index in [1.807, 2.05) is 0 Å². The number of hydrazine groups is 1. The Labute approximate surface area is 141 Å². The number of anilines is 1. The molecule has 1 aliphatic heterocycles. The van der Waals surface area contributed by atoms with Gasteiger partial charge in [0.25, 0.3) is 17.5 Å². The van der Waals surface area contributed by atoms with Crippen LogP contribution in [0.25, 0.3) is 6.08 Å². The molecule has 1 N–H and O–H groups in total. The van der Waals surface area contributed by atoms with Crippen molar-refractivity contribution in [3.63, 3.8) is 0 Å². The van der Waals surface area contributed by atoms with Gasteiger partial charge in [0.05, 0.1) is 15.6 Å². The normalized spacial score (nSPS) is 15.7. The minimum atomic E-state index is -0.576. The number of nitro benzene ring substituents is 1. The first-order valence-electron chi connectivity index (χ1n) is 6.83. The van der Waals surface area contributed by atoms with Crippen LogP contribution in [-0.4, -0.2) is 16.7 Å². The molecular weight excluding hydrogens is 334 g/mol. The van der Waals surface area contributed by atoms with Gasteiger partial charge in [0.1, 0.15) is 5.57 Å². The van der Waals surface area contributed by atoms with Crippen LogP contribution in [0.15, 0.2) is 54.1 Å². The molecule has 0 spiro atoms. The van der Waals surface area contributed by atoms with Gasteiger partial charge in [0, 0.05) is 12.1 Å². The van der Waals surface area contributed by atoms with E-state index in [1.165, 1.54) is 24.3 Å². The Kier molecular flexibility index (Phi) is 4.01. The van der Waals surface area contributed by atoms with Crippen LogP contribution in [-0.2, 0) is 9.59 Å². The third kappa shape index (κ3) is 2.84. The zero-order chi connectivity index (χ0) is 17.3. The summed E-state index contributed by atoms with van der Waals surface area (Å²) in [5.74, 6) is -1.10. The van der Waals surface area contributed by atoms with Gasteiger partial charge in [-0.25, -0.2) is 5.01 Å². The van der Waals surface area contributed by atoms with Gasteiger partial charge in [0.2, 0.25) is 0 Å². The van der Waals surface area contributed by atoms with Crippen molar-refractivity contribution in [3.05, 3.63) is 74.8 Å². The van der Waals surface area contributed by atoms with Crippen LogP contribution in [0.4, 0.5) is 11.4 Å². The number of carbonyl (C=O) groups excluding carboxylic acids is 2. The average Bonchev–Trinajstić information content (AvgIpc) is 2.85. The van der Waals surface area contributed by atoms with Crippen LogP contribution < -0.4 is 10.4 Å². The van der Waals surface area contributed by atoms with Crippen molar-refractivity contribution in [2.24, 2.45) is 0 Å². The van der Waals surface area contributed by atoms with Crippen molar-refractivity contribution >= 4 is 40.9 Å². The fraction of sp³-hybridized carbons (Fsp3) is 0. The second kappa shape index (κ2) is 6.13. The predicted octanol–water partition coefficient (Wildman–Crippen LogP) is 2.71. The fourth-order valence-electron chi connectivity index (χ4n) is 2.22. The number of hydrogen-bond donors (Lipinski definition) is 1. The molecule has 7 nitrogen and oxygen atoms in total. The number of hydrogen-bond acceptors (Lipinski definition) is 4. The first kappa shape index (κ1) is 15.7. The molecule has 2 aromatic carbocycles. The molecule has 1 aliphatic rings. The molecule has 0 radical (unpaired) electrons. The van der Waals surface area contributed by atoms with Gasteiger partial charge in [-0.1, -0.05) is 29.8 Å². The Morgan fingerprint density at radius 2 is 1.83 bits per heavy atom. The van der Waals surface area contributed by atoms with E-state index in [-0.39, 0.29) is 16.3 Å². The molecule has 2 aromatic rings. The van der Waals surface area contributed by atoms with E-state index < -0.39 is 16.7 Å². The lowest BCUT2D eigenvalue weighted by Gasteiger charge is -2.13. The van der Waals surface area contributed by atoms with E-state index in [9.17, 15) is 19.7 Å². The number of benzene rings is 2. The second-order valence-electron chi connectivity index (χ2n) is 4.94. The molecule has 120 valence electrons. The zero-order valence-electron chi connectivity index (χ0n) is 12.1. The van der Waals surface area contributed by atoms with Gasteiger partial charge in [-0.2, -0.15) is 0 Å². The zero-order valence-corrected chi connectivity index (χ0v) is 12.9. The fourth-order valence-corrected chi connectivity index (χ4v) is 2.45. The van der Waals surface area contributed by atoms with Crippen LogP contribution in [0.1, 0.15) is 5.56 Å². The van der Waals surface area contributed by atoms with Crippen molar-refractivity contribution in [3.8, 4) is 0 Å². The third-order valence-corrected chi connectivity index (χ3v) is 3.73. The van der Waals surface area contributed by atoms with Crippen LogP contribution in [0.5, 0.6) is 0 Å². The molecule has 1 heterocycles. The lowest BCUT2D eigenvalue weighted by Crippen LogP contribution is -2.35. The summed E-state index contributed by atoms with van der Waals surface area (Å²) in [5, 5.41) is 11.9. The Bertz CT molecular complexity index is 880. The number of nitro groups is 1. The molecule has 0 atom stereocenters. The smallest absolute Gasteiger partial charge is 0.267 e. The molecule has 24 heavy (non-hydrogen) atoms. The van der Waals surface area contributed by atoms with E-state index >= 15 is 0 Å². The maximum Gasteiger partial charge on any atom is 0.282 e. The quantitative estimate of drug-likeness (QED) is 0.401. The number of nitrogens with zero attached hydrogens (tertiary/aromatic N) is 2. The largest absolute Gasteiger partial charge is 0.282 e. The second-order valence-corrected chi connectivity index (χ2v) is 5.35. The highest BCUT2D eigenvalue weighted by Gasteiger charge is 2.34. The van der Waals surface area contributed by atoms with E-state index in [0.29, 0.717) is 11.3 Å². The first-order chi connectivity index (χ1) is 11.5. The SMILES string of the molecule is O=C1NN(c2ccccc2)C(=O)C1=Cc1ccc([N+](=O)[O-])cc1Cl. The number of rotatable bonds is 3. The van der Waals surface area contributed by atoms with Gasteiger partial charge in [-0.15, -0.1) is 0 Å². The maximum absolute atomic E-state index is 12.4. The number of carbonyl (C=O) groups is 2. The molecule has 0 unspecified atom stereocenters. The van der Waals surface area contributed by atoms with Gasteiger partial charge in [-0.3, -0.25) is 25.1 Å². The van der Waals surface area contributed by atoms with Crippen molar-refractivity contribution in [2.45, 2.75) is 0 Å². The predicted molar refractivity (Wildman–Crippen MR) is 88.2 cm³/mol. The molecule has 3 rings (SSSR count). The topological polar surface area (TPSA) is 92.6 Å². The van der Waals surface area contributed by atoms with E-state index in [1.54, 1.807) is 30.3 Å². The summed E-state index contributed by atoms with van der Waals surface area (Å²) in [4.78, 5) is 34.6. The molecule has 1 fully saturated rings. The van der Waals surface area contributed by atoms with E-state index in [0.717, 1.165) is 5.01 Å². The number of non-ortho nitro benzene ring substituents is 1. The summed E-state index contributed by atoms with van der Waals surface area (Å²) >= 11 is 6.00. The number of halogens is 1. The van der Waals surface area contributed by atoms with Crippen LogP contribution >= 0.6 is 11.6 Å². The summed E-state index contributed by atoms with van der Waals surface area (Å²) in [6.45, 7) is 0. The van der Waals surface area contributed by atoms with Gasteiger partial charge in [0.15, 0.2) is 0 Å². The summed E-state index contributed by atoms with van der Waals surface area (Å²) in [7, 11) is 0. The van der Waals surface area contributed by atoms with Crippen LogP contribution in [0.3, 0.4) is 0 Å². The van der Waals surface area contributed by atoms with Crippen molar-refractivity contribution in [1.29, 1.82) is 0 Å². The van der Waals surface area contributed by atoms with Gasteiger partial charge >= 0.3 is 0 Å². The minimum Gasteiger partial charge on any atom is -0.267 e. The van der Waals surface area contributed by atoms with Gasteiger partial charge < -0.3 is 0 Å². The molecular formula is C16H10ClN3O4. The monoisotopic (exact) mass is 343 g/mol. The molecule has 0 saturated carbocycles. The van der Waals surface area contributed by atoms with Crippen LogP contribution in [0, 0.1) is 10.1 Å². The highest BCUT2D eigenvalue weighted by atomic mass is 35.5. The summed E-state index contributed by atoms with van der Waals surface area (Å²) in [6, 6.07) is 12.4. The summed E-state index contributed by atoms with van der Waals surface area (Å²) < 4.78 is 0. The van der Waals surface area contributed by atoms with E-state index in [4.69, 9.17) is 11.6 Å². The lowest BCUT2D eigenvalue weighted by atomic mass is 10.1. The standard InChI is InChI=1S/C16H10ClN3O4/c17-14-9-12(20(23)24)7-6-10(14)8-13-15(21)18-19(16(13)22)11-4-2-1-3-5-11/h1-9H,(H,18,21). The third-order valence-electron chi connectivity index (χ3n) is 3.40. The molecule has 8 heteroatoms. The number of amides is 2. The Morgan fingerprint density at radius 1 is 1.12 bits per heavy atom. The highest BCUT2D eigenvalue weighted by Crippen LogP contribution is 2.26. The number of nitrogens with one attached hydrogen (secondary N) is 1. The molecule has 0 aliphatic carbocycles. The minimum absolute atomic E-state index is 0.0791. The molecule has 2 amide bonds. The highest BCUT2D eigenvalue weighted by molar-refractivity contribution is 6.34. The maximum atomic E-state index is 12.4. The van der Waals surface area contributed by atoms with Crippen molar-refractivity contribution in [1.82, 2.24) is 5.43 Å². The van der Waals surface area contributed by atoms with Crippen LogP contribution in [0.2, 0.25) is 5.02 Å². The molecule has 0 aromatic heterocycles. The number of para-hydroxylation sites is 1. The Balaban J connectivity index is 1.95. The first-order valence-corrected chi connectivity index (χ1v) is 7.21. The lowest BCUT2D eigenvalue weighted by molar-refractivity contribution is -0.384. The Hall–Kier alpha value is -3.19. The summed E-state index contributed by atoms with van der Waals surface area (Å²) in [6.07, 6.45) is 1.31. The Morgan fingerprint density at radius 3 is 2.46 bits per heavy atom.